The number of nitrogens with two attached hydrogens (primary N) is 1. The molecule has 0 bridgehead atoms. The minimum absolute atomic E-state index is 0.136. The summed E-state index contributed by atoms with van der Waals surface area (Å²) in [5, 5.41) is 14.4. The number of hydrogen-bond acceptors (Lipinski definition) is 5. The highest BCUT2D eigenvalue weighted by atomic mass is 16.2. The van der Waals surface area contributed by atoms with Gasteiger partial charge >= 0.3 is 0 Å². The Morgan fingerprint density at radius 1 is 1.56 bits per heavy atom. The van der Waals surface area contributed by atoms with Crippen molar-refractivity contribution >= 4 is 11.7 Å². The van der Waals surface area contributed by atoms with Crippen molar-refractivity contribution in [3.63, 3.8) is 0 Å². The first kappa shape index (κ1) is 12.1. The van der Waals surface area contributed by atoms with Crippen molar-refractivity contribution in [2.45, 2.75) is 26.6 Å². The Bertz CT molecular complexity index is 530. The Hall–Kier alpha value is -2.38. The maximum atomic E-state index is 11.6. The highest BCUT2D eigenvalue weighted by Gasteiger charge is 2.07. The van der Waals surface area contributed by atoms with Crippen LogP contribution >= 0.6 is 0 Å². The molecule has 0 aromatic carbocycles. The summed E-state index contributed by atoms with van der Waals surface area (Å²) in [6.07, 6.45) is 3.29. The number of aryl methyl sites for hydroxylation is 1. The van der Waals surface area contributed by atoms with Gasteiger partial charge in [-0.05, 0) is 13.0 Å². The van der Waals surface area contributed by atoms with E-state index in [0.29, 0.717) is 12.4 Å². The minimum atomic E-state index is -0.149. The summed E-state index contributed by atoms with van der Waals surface area (Å²) in [7, 11) is 0. The normalized spacial score (nSPS) is 10.5. The van der Waals surface area contributed by atoms with E-state index in [4.69, 9.17) is 5.73 Å². The van der Waals surface area contributed by atoms with Crippen LogP contribution < -0.4 is 11.1 Å². The van der Waals surface area contributed by atoms with Crippen molar-refractivity contribution < 1.29 is 4.79 Å². The first-order valence-electron chi connectivity index (χ1n) is 5.61. The van der Waals surface area contributed by atoms with Gasteiger partial charge in [0.05, 0.1) is 6.54 Å². The molecule has 2 aromatic rings. The molecular weight excluding hydrogens is 234 g/mol. The zero-order valence-electron chi connectivity index (χ0n) is 10.1. The van der Waals surface area contributed by atoms with E-state index in [9.17, 15) is 4.79 Å². The lowest BCUT2D eigenvalue weighted by atomic mass is 10.5. The third-order valence-corrected chi connectivity index (χ3v) is 2.45. The predicted molar refractivity (Wildman–Crippen MR) is 64.2 cm³/mol. The summed E-state index contributed by atoms with van der Waals surface area (Å²) in [5.41, 5.74) is 5.46. The van der Waals surface area contributed by atoms with Gasteiger partial charge in [-0.1, -0.05) is 0 Å². The van der Waals surface area contributed by atoms with E-state index in [1.807, 2.05) is 11.5 Å². The molecule has 0 aliphatic heterocycles. The number of carbonyl (C=O) groups is 1. The van der Waals surface area contributed by atoms with Gasteiger partial charge in [-0.3, -0.25) is 9.48 Å². The van der Waals surface area contributed by atoms with Crippen molar-refractivity contribution in [2.24, 2.45) is 0 Å². The SMILES string of the molecule is CCn1cnnc1CNC(=O)Cn1ccc(N)n1. The van der Waals surface area contributed by atoms with Gasteiger partial charge < -0.3 is 15.6 Å². The van der Waals surface area contributed by atoms with Crippen molar-refractivity contribution in [3.8, 4) is 0 Å². The average molecular weight is 249 g/mol. The summed E-state index contributed by atoms with van der Waals surface area (Å²) in [5.74, 6) is 0.975. The van der Waals surface area contributed by atoms with E-state index in [1.54, 1.807) is 18.6 Å². The molecule has 0 aliphatic rings. The van der Waals surface area contributed by atoms with Crippen LogP contribution in [0.25, 0.3) is 0 Å². The highest BCUT2D eigenvalue weighted by molar-refractivity contribution is 5.75. The number of nitrogens with one attached hydrogen (secondary N) is 1. The molecule has 0 atom stereocenters. The standard InChI is InChI=1S/C10H15N7O/c1-2-16-7-13-14-9(16)5-12-10(18)6-17-4-3-8(11)15-17/h3-4,7H,2,5-6H2,1H3,(H2,11,15)(H,12,18). The molecule has 8 nitrogen and oxygen atoms in total. The number of nitrogen functional groups attached to an aromatic ring is 1. The van der Waals surface area contributed by atoms with Crippen molar-refractivity contribution in [2.75, 3.05) is 5.73 Å². The molecular formula is C10H15N7O. The number of anilines is 1. The molecule has 18 heavy (non-hydrogen) atoms. The monoisotopic (exact) mass is 249 g/mol. The summed E-state index contributed by atoms with van der Waals surface area (Å²) >= 11 is 0. The molecule has 2 heterocycles. The molecule has 8 heteroatoms. The second kappa shape index (κ2) is 5.30. The van der Waals surface area contributed by atoms with E-state index in [-0.39, 0.29) is 12.5 Å². The summed E-state index contributed by atoms with van der Waals surface area (Å²) in [6, 6.07) is 1.64. The van der Waals surface area contributed by atoms with Crippen LogP contribution in [0.1, 0.15) is 12.7 Å². The molecule has 1 amide bonds. The van der Waals surface area contributed by atoms with E-state index < -0.39 is 0 Å². The zero-order chi connectivity index (χ0) is 13.0. The van der Waals surface area contributed by atoms with Crippen LogP contribution in [0.2, 0.25) is 0 Å². The summed E-state index contributed by atoms with van der Waals surface area (Å²) in [4.78, 5) is 11.6. The summed E-state index contributed by atoms with van der Waals surface area (Å²) < 4.78 is 3.35. The lowest BCUT2D eigenvalue weighted by Crippen LogP contribution is -2.28. The molecule has 0 aliphatic carbocycles. The van der Waals surface area contributed by atoms with Gasteiger partial charge in [0.2, 0.25) is 5.91 Å². The molecule has 96 valence electrons. The molecule has 2 rings (SSSR count). The van der Waals surface area contributed by atoms with Crippen LogP contribution in [-0.2, 0) is 24.4 Å². The second-order valence-corrected chi connectivity index (χ2v) is 3.75. The van der Waals surface area contributed by atoms with E-state index >= 15 is 0 Å². The highest BCUT2D eigenvalue weighted by Crippen LogP contribution is 1.96. The van der Waals surface area contributed by atoms with Crippen molar-refractivity contribution in [3.05, 3.63) is 24.4 Å². The van der Waals surface area contributed by atoms with E-state index in [1.165, 1.54) is 4.68 Å². The smallest absolute Gasteiger partial charge is 0.242 e. The Labute approximate surface area is 104 Å². The van der Waals surface area contributed by atoms with Crippen LogP contribution in [0.15, 0.2) is 18.6 Å². The molecule has 0 saturated carbocycles. The van der Waals surface area contributed by atoms with Gasteiger partial charge in [-0.2, -0.15) is 5.10 Å². The molecule has 0 spiro atoms. The number of carbonyl (C=O) groups excluding carboxylic acids is 1. The molecule has 0 unspecified atom stereocenters. The van der Waals surface area contributed by atoms with Gasteiger partial charge in [0.15, 0.2) is 5.82 Å². The fourth-order valence-electron chi connectivity index (χ4n) is 1.53. The molecule has 0 saturated heterocycles. The van der Waals surface area contributed by atoms with Crippen LogP contribution in [0, 0.1) is 0 Å². The van der Waals surface area contributed by atoms with Gasteiger partial charge in [0, 0.05) is 12.7 Å². The Morgan fingerprint density at radius 2 is 2.39 bits per heavy atom. The van der Waals surface area contributed by atoms with Gasteiger partial charge in [0.25, 0.3) is 0 Å². The van der Waals surface area contributed by atoms with Crippen LogP contribution in [-0.4, -0.2) is 30.5 Å². The maximum Gasteiger partial charge on any atom is 0.242 e. The van der Waals surface area contributed by atoms with Crippen LogP contribution in [0.3, 0.4) is 0 Å². The lowest BCUT2D eigenvalue weighted by molar-refractivity contribution is -0.122. The number of amides is 1. The first-order valence-corrected chi connectivity index (χ1v) is 5.61. The number of aromatic nitrogens is 5. The summed E-state index contributed by atoms with van der Waals surface area (Å²) in [6.45, 7) is 3.25. The molecule has 0 fully saturated rings. The topological polar surface area (TPSA) is 104 Å². The quantitative estimate of drug-likeness (QED) is 0.736. The second-order valence-electron chi connectivity index (χ2n) is 3.75. The maximum absolute atomic E-state index is 11.6. The van der Waals surface area contributed by atoms with Gasteiger partial charge in [-0.25, -0.2) is 0 Å². The Morgan fingerprint density at radius 3 is 3.06 bits per heavy atom. The van der Waals surface area contributed by atoms with Gasteiger partial charge in [0.1, 0.15) is 18.7 Å². The number of hydrogen-bond donors (Lipinski definition) is 2. The number of rotatable bonds is 5. The lowest BCUT2D eigenvalue weighted by Gasteiger charge is -2.05. The molecule has 3 N–H and O–H groups in total. The van der Waals surface area contributed by atoms with Crippen molar-refractivity contribution in [1.29, 1.82) is 0 Å². The molecule has 2 aromatic heterocycles. The first-order chi connectivity index (χ1) is 8.69. The van der Waals surface area contributed by atoms with E-state index in [2.05, 4.69) is 20.6 Å². The van der Waals surface area contributed by atoms with E-state index in [0.717, 1.165) is 12.4 Å². The van der Waals surface area contributed by atoms with Gasteiger partial charge in [-0.15, -0.1) is 10.2 Å². The van der Waals surface area contributed by atoms with Crippen LogP contribution in [0.5, 0.6) is 0 Å². The third-order valence-electron chi connectivity index (χ3n) is 2.45. The van der Waals surface area contributed by atoms with Crippen LogP contribution in [0.4, 0.5) is 5.82 Å². The zero-order valence-corrected chi connectivity index (χ0v) is 10.1. The van der Waals surface area contributed by atoms with Crippen molar-refractivity contribution in [1.82, 2.24) is 29.9 Å². The fourth-order valence-corrected chi connectivity index (χ4v) is 1.53. The largest absolute Gasteiger partial charge is 0.382 e. The Kier molecular flexibility index (Phi) is 3.56. The third kappa shape index (κ3) is 2.84. The predicted octanol–water partition coefficient (Wildman–Crippen LogP) is -0.607. The Balaban J connectivity index is 1.85. The fraction of sp³-hybridized carbons (Fsp3) is 0.400. The average Bonchev–Trinajstić information content (AvgIpc) is 2.95. The minimum Gasteiger partial charge on any atom is -0.382 e. The number of nitrogens with zero attached hydrogens (tertiary/aromatic N) is 5. The molecule has 0 radical (unpaired) electrons.